The van der Waals surface area contributed by atoms with Crippen molar-refractivity contribution in [1.29, 1.82) is 0 Å². The number of nitrogens with one attached hydrogen (secondary N) is 2. The van der Waals surface area contributed by atoms with Gasteiger partial charge in [0.15, 0.2) is 17.6 Å². The van der Waals surface area contributed by atoms with Crippen LogP contribution in [0.2, 0.25) is 0 Å². The van der Waals surface area contributed by atoms with Crippen LogP contribution in [0, 0.1) is 0 Å². The van der Waals surface area contributed by atoms with Crippen molar-refractivity contribution < 1.29 is 33.4 Å². The number of esters is 1. The lowest BCUT2D eigenvalue weighted by atomic mass is 9.98. The molecule has 172 valence electrons. The summed E-state index contributed by atoms with van der Waals surface area (Å²) in [4.78, 5) is 50.3. The van der Waals surface area contributed by atoms with Crippen molar-refractivity contribution >= 4 is 23.8 Å². The van der Waals surface area contributed by atoms with Gasteiger partial charge in [0.2, 0.25) is 6.79 Å². The summed E-state index contributed by atoms with van der Waals surface area (Å²) in [6.45, 7) is 2.07. The second kappa shape index (κ2) is 9.05. The Labute approximate surface area is 185 Å². The number of amides is 4. The van der Waals surface area contributed by atoms with E-state index in [-0.39, 0.29) is 38.6 Å². The molecule has 3 aliphatic rings. The van der Waals surface area contributed by atoms with Crippen LogP contribution >= 0.6 is 0 Å². The van der Waals surface area contributed by atoms with Gasteiger partial charge in [-0.25, -0.2) is 4.79 Å². The highest BCUT2D eigenvalue weighted by Gasteiger charge is 2.52. The molecule has 1 spiro atoms. The summed E-state index contributed by atoms with van der Waals surface area (Å²) in [5.41, 5.74) is 0.0806. The highest BCUT2D eigenvalue weighted by molar-refractivity contribution is 6.07. The Bertz CT molecular complexity index is 926. The number of urea groups is 1. The minimum atomic E-state index is -0.963. The van der Waals surface area contributed by atoms with Gasteiger partial charge in [-0.2, -0.15) is 0 Å². The van der Waals surface area contributed by atoms with Gasteiger partial charge in [-0.1, -0.05) is 18.9 Å². The minimum absolute atomic E-state index is 0.00381. The van der Waals surface area contributed by atoms with E-state index in [1.165, 1.54) is 11.8 Å². The topological polar surface area (TPSA) is 123 Å². The van der Waals surface area contributed by atoms with E-state index < -0.39 is 29.6 Å². The van der Waals surface area contributed by atoms with Gasteiger partial charge in [0.25, 0.3) is 11.8 Å². The lowest BCUT2D eigenvalue weighted by Crippen LogP contribution is -2.44. The number of nitrogens with zero attached hydrogens (tertiary/aromatic N) is 1. The monoisotopic (exact) mass is 445 g/mol. The van der Waals surface area contributed by atoms with Crippen LogP contribution in [0.5, 0.6) is 11.5 Å². The molecule has 2 aliphatic heterocycles. The molecule has 1 saturated carbocycles. The van der Waals surface area contributed by atoms with Crippen molar-refractivity contribution in [2.45, 2.75) is 63.6 Å². The van der Waals surface area contributed by atoms with Crippen molar-refractivity contribution in [3.05, 3.63) is 23.8 Å². The molecule has 32 heavy (non-hydrogen) atoms. The van der Waals surface area contributed by atoms with E-state index in [1.807, 2.05) is 6.07 Å². The number of benzene rings is 1. The first-order valence-electron chi connectivity index (χ1n) is 10.9. The summed E-state index contributed by atoms with van der Waals surface area (Å²) >= 11 is 0. The molecule has 1 atom stereocenters. The van der Waals surface area contributed by atoms with Crippen LogP contribution in [-0.2, 0) is 25.7 Å². The van der Waals surface area contributed by atoms with Crippen LogP contribution < -0.4 is 20.1 Å². The van der Waals surface area contributed by atoms with E-state index >= 15 is 0 Å². The van der Waals surface area contributed by atoms with Crippen LogP contribution in [0.1, 0.15) is 51.0 Å². The lowest BCUT2D eigenvalue weighted by Gasteiger charge is -2.20. The summed E-state index contributed by atoms with van der Waals surface area (Å²) < 4.78 is 15.7. The normalized spacial score (nSPS) is 19.2. The fourth-order valence-corrected chi connectivity index (χ4v) is 4.27. The van der Waals surface area contributed by atoms with Gasteiger partial charge in [-0.15, -0.1) is 0 Å². The average molecular weight is 445 g/mol. The van der Waals surface area contributed by atoms with E-state index in [1.54, 1.807) is 12.1 Å². The van der Waals surface area contributed by atoms with Crippen LogP contribution in [0.15, 0.2) is 18.2 Å². The number of rotatable bonds is 8. The van der Waals surface area contributed by atoms with E-state index in [0.717, 1.165) is 18.4 Å². The fraction of sp³-hybridized carbons (Fsp3) is 0.545. The number of fused-ring (bicyclic) bond motifs is 1. The first-order valence-corrected chi connectivity index (χ1v) is 10.9. The predicted octanol–water partition coefficient (Wildman–Crippen LogP) is 1.61. The molecule has 10 heteroatoms. The van der Waals surface area contributed by atoms with Crippen molar-refractivity contribution in [2.24, 2.45) is 0 Å². The maximum atomic E-state index is 12.6. The van der Waals surface area contributed by atoms with Gasteiger partial charge in [0, 0.05) is 19.5 Å². The zero-order valence-electron chi connectivity index (χ0n) is 18.0. The third kappa shape index (κ3) is 4.49. The first kappa shape index (κ1) is 21.9. The van der Waals surface area contributed by atoms with Crippen LogP contribution in [0.3, 0.4) is 0 Å². The Balaban J connectivity index is 1.17. The molecule has 1 aromatic carbocycles. The molecular formula is C22H27N3O7. The molecule has 1 aromatic rings. The Morgan fingerprint density at radius 1 is 1.22 bits per heavy atom. The van der Waals surface area contributed by atoms with Gasteiger partial charge in [0.05, 0.1) is 0 Å². The minimum Gasteiger partial charge on any atom is -0.454 e. The Hall–Kier alpha value is -3.30. The quantitative estimate of drug-likeness (QED) is 0.460. The van der Waals surface area contributed by atoms with E-state index in [2.05, 4.69) is 10.6 Å². The summed E-state index contributed by atoms with van der Waals surface area (Å²) in [6, 6.07) is 4.97. The zero-order valence-corrected chi connectivity index (χ0v) is 18.0. The zero-order chi connectivity index (χ0) is 22.7. The maximum Gasteiger partial charge on any atom is 0.325 e. The molecule has 0 aromatic heterocycles. The third-order valence-corrected chi connectivity index (χ3v) is 6.05. The highest BCUT2D eigenvalue weighted by atomic mass is 16.7. The second-order valence-corrected chi connectivity index (χ2v) is 8.32. The largest absolute Gasteiger partial charge is 0.454 e. The molecule has 2 N–H and O–H groups in total. The second-order valence-electron chi connectivity index (χ2n) is 8.32. The molecule has 0 bridgehead atoms. The van der Waals surface area contributed by atoms with Crippen LogP contribution in [0.4, 0.5) is 4.79 Å². The van der Waals surface area contributed by atoms with Gasteiger partial charge in [-0.05, 0) is 43.9 Å². The number of hydrogen-bond donors (Lipinski definition) is 2. The van der Waals surface area contributed by atoms with Crippen molar-refractivity contribution in [3.8, 4) is 11.5 Å². The van der Waals surface area contributed by atoms with Gasteiger partial charge in [-0.3, -0.25) is 19.3 Å². The molecule has 10 nitrogen and oxygen atoms in total. The van der Waals surface area contributed by atoms with Crippen molar-refractivity contribution in [2.75, 3.05) is 13.3 Å². The predicted molar refractivity (Wildman–Crippen MR) is 111 cm³/mol. The first-order chi connectivity index (χ1) is 15.4. The molecule has 1 aliphatic carbocycles. The number of carbonyl (C=O) groups is 4. The Morgan fingerprint density at radius 2 is 1.97 bits per heavy atom. The lowest BCUT2D eigenvalue weighted by molar-refractivity contribution is -0.155. The number of carbonyl (C=O) groups excluding carboxylic acids is 4. The average Bonchev–Trinajstić information content (AvgIpc) is 3.48. The molecule has 4 rings (SSSR count). The Kier molecular flexibility index (Phi) is 6.20. The Morgan fingerprint density at radius 3 is 2.75 bits per heavy atom. The number of ether oxygens (including phenoxy) is 3. The van der Waals surface area contributed by atoms with Crippen LogP contribution in [0.25, 0.3) is 0 Å². The van der Waals surface area contributed by atoms with Crippen LogP contribution in [-0.4, -0.2) is 53.7 Å². The SMILES string of the molecule is CC(OC(=O)CCCN1C(=O)NC2(CCCC2)C1=O)C(=O)NCc1ccc2c(c1)OCO2. The molecule has 4 amide bonds. The summed E-state index contributed by atoms with van der Waals surface area (Å²) in [6.07, 6.45) is 2.48. The number of hydrogen-bond acceptors (Lipinski definition) is 7. The van der Waals surface area contributed by atoms with Gasteiger partial charge >= 0.3 is 12.0 Å². The third-order valence-electron chi connectivity index (χ3n) is 6.05. The fourth-order valence-electron chi connectivity index (χ4n) is 4.27. The summed E-state index contributed by atoms with van der Waals surface area (Å²) in [5, 5.41) is 5.53. The van der Waals surface area contributed by atoms with Crippen molar-refractivity contribution in [1.82, 2.24) is 15.5 Å². The highest BCUT2D eigenvalue weighted by Crippen LogP contribution is 2.35. The smallest absolute Gasteiger partial charge is 0.325 e. The molecule has 2 fully saturated rings. The summed E-state index contributed by atoms with van der Waals surface area (Å²) in [5.74, 6) is 0.102. The molecule has 0 radical (unpaired) electrons. The molecule has 1 unspecified atom stereocenters. The standard InChI is InChI=1S/C22H27N3O7/c1-14(19(27)23-12-15-6-7-16-17(11-15)31-13-30-16)32-18(26)5-4-10-25-20(28)22(24-21(25)29)8-2-3-9-22/h6-7,11,14H,2-5,8-10,12-13H2,1H3,(H,23,27)(H,24,29). The molecule has 2 heterocycles. The van der Waals surface area contributed by atoms with Gasteiger partial charge < -0.3 is 24.8 Å². The summed E-state index contributed by atoms with van der Waals surface area (Å²) in [7, 11) is 0. The van der Waals surface area contributed by atoms with E-state index in [9.17, 15) is 19.2 Å². The maximum absolute atomic E-state index is 12.6. The van der Waals surface area contributed by atoms with E-state index in [0.29, 0.717) is 24.3 Å². The number of imide groups is 1. The van der Waals surface area contributed by atoms with E-state index in [4.69, 9.17) is 14.2 Å². The molecular weight excluding hydrogens is 418 g/mol. The van der Waals surface area contributed by atoms with Crippen molar-refractivity contribution in [3.63, 3.8) is 0 Å². The van der Waals surface area contributed by atoms with Gasteiger partial charge in [0.1, 0.15) is 5.54 Å². The molecule has 1 saturated heterocycles.